The minimum absolute atomic E-state index is 0.0643. The quantitative estimate of drug-likeness (QED) is 0.762. The van der Waals surface area contributed by atoms with Crippen LogP contribution in [-0.2, 0) is 27.7 Å². The summed E-state index contributed by atoms with van der Waals surface area (Å²) in [5.74, 6) is -3.12. The van der Waals surface area contributed by atoms with E-state index in [1.54, 1.807) is 12.1 Å². The van der Waals surface area contributed by atoms with E-state index in [0.717, 1.165) is 40.9 Å². The molecule has 2 aromatic rings. The van der Waals surface area contributed by atoms with Crippen LogP contribution >= 0.6 is 0 Å². The van der Waals surface area contributed by atoms with E-state index in [9.17, 15) is 22.0 Å². The standard InChI is InChI=1S/C20H18F2N2O3S/c21-20(22)28(26,27)24-14-8-6-12(7-9-14)17-10-15(11-19(25)13-4-5-13)23-18-3-1-2-16(17)18/h1-2,6-10,13,20,24H,3-5,11H2. The molecule has 1 N–H and O–H groups in total. The molecule has 5 nitrogen and oxygen atoms in total. The lowest BCUT2D eigenvalue weighted by atomic mass is 9.97. The number of alkyl halides is 2. The van der Waals surface area contributed by atoms with E-state index in [-0.39, 0.29) is 17.4 Å². The third kappa shape index (κ3) is 3.82. The first-order valence-corrected chi connectivity index (χ1v) is 10.5. The summed E-state index contributed by atoms with van der Waals surface area (Å²) >= 11 is 0. The number of hydrogen-bond acceptors (Lipinski definition) is 4. The van der Waals surface area contributed by atoms with Crippen LogP contribution in [0.5, 0.6) is 0 Å². The molecule has 0 atom stereocenters. The summed E-state index contributed by atoms with van der Waals surface area (Å²) in [4.78, 5) is 16.8. The van der Waals surface area contributed by atoms with Gasteiger partial charge in [0.05, 0.1) is 5.69 Å². The summed E-state index contributed by atoms with van der Waals surface area (Å²) in [5.41, 5.74) is 4.33. The molecule has 1 aromatic heterocycles. The Kier molecular flexibility index (Phi) is 4.74. The minimum Gasteiger partial charge on any atom is -0.299 e. The van der Waals surface area contributed by atoms with E-state index in [1.807, 2.05) is 22.9 Å². The van der Waals surface area contributed by atoms with Crippen molar-refractivity contribution in [2.45, 2.75) is 31.4 Å². The fourth-order valence-corrected chi connectivity index (χ4v) is 3.83. The van der Waals surface area contributed by atoms with Gasteiger partial charge in [-0.05, 0) is 42.2 Å². The number of carbonyl (C=O) groups excluding carboxylic acids is 1. The predicted octanol–water partition coefficient (Wildman–Crippen LogP) is 3.80. The summed E-state index contributed by atoms with van der Waals surface area (Å²) in [5, 5.41) is 0. The van der Waals surface area contributed by atoms with Crippen molar-refractivity contribution in [1.82, 2.24) is 4.98 Å². The Morgan fingerprint density at radius 1 is 1.21 bits per heavy atom. The van der Waals surface area contributed by atoms with Gasteiger partial charge in [-0.2, -0.15) is 8.78 Å². The molecule has 0 saturated heterocycles. The maximum absolute atomic E-state index is 12.5. The number of rotatable bonds is 7. The van der Waals surface area contributed by atoms with Crippen LogP contribution in [0.25, 0.3) is 17.2 Å². The van der Waals surface area contributed by atoms with Crippen molar-refractivity contribution < 1.29 is 22.0 Å². The third-order valence-electron chi connectivity index (χ3n) is 4.86. The van der Waals surface area contributed by atoms with Crippen molar-refractivity contribution in [2.24, 2.45) is 5.92 Å². The van der Waals surface area contributed by atoms with Crippen molar-refractivity contribution in [3.8, 4) is 11.1 Å². The van der Waals surface area contributed by atoms with E-state index in [2.05, 4.69) is 4.98 Å². The molecule has 2 aliphatic carbocycles. The van der Waals surface area contributed by atoms with E-state index in [4.69, 9.17) is 0 Å². The third-order valence-corrected chi connectivity index (χ3v) is 5.85. The van der Waals surface area contributed by atoms with Crippen molar-refractivity contribution >= 4 is 27.6 Å². The number of hydrogen-bond donors (Lipinski definition) is 1. The number of halogens is 2. The van der Waals surface area contributed by atoms with Gasteiger partial charge >= 0.3 is 5.76 Å². The van der Waals surface area contributed by atoms with Gasteiger partial charge in [0.2, 0.25) is 0 Å². The Bertz CT molecular complexity index is 1060. The van der Waals surface area contributed by atoms with Crippen LogP contribution in [0.3, 0.4) is 0 Å². The van der Waals surface area contributed by atoms with Crippen LogP contribution in [0, 0.1) is 5.92 Å². The Hall–Kier alpha value is -2.61. The van der Waals surface area contributed by atoms with Gasteiger partial charge in [-0.15, -0.1) is 0 Å². The summed E-state index contributed by atoms with van der Waals surface area (Å²) in [7, 11) is -4.70. The first-order chi connectivity index (χ1) is 13.3. The van der Waals surface area contributed by atoms with Crippen molar-refractivity contribution in [3.63, 3.8) is 0 Å². The molecule has 0 unspecified atom stereocenters. The van der Waals surface area contributed by atoms with Gasteiger partial charge in [0.1, 0.15) is 5.78 Å². The van der Waals surface area contributed by atoms with Crippen LogP contribution in [-0.4, -0.2) is 24.9 Å². The molecular weight excluding hydrogens is 386 g/mol. The first kappa shape index (κ1) is 18.7. The second kappa shape index (κ2) is 7.09. The molecule has 4 rings (SSSR count). The Morgan fingerprint density at radius 2 is 1.93 bits per heavy atom. The number of benzene rings is 1. The zero-order valence-electron chi connectivity index (χ0n) is 14.9. The number of sulfonamides is 1. The van der Waals surface area contributed by atoms with E-state index in [1.165, 1.54) is 12.1 Å². The molecule has 0 bridgehead atoms. The minimum atomic E-state index is -4.70. The maximum Gasteiger partial charge on any atom is 0.355 e. The van der Waals surface area contributed by atoms with Gasteiger partial charge < -0.3 is 0 Å². The number of carbonyl (C=O) groups is 1. The Balaban J connectivity index is 1.63. The molecule has 0 spiro atoms. The topological polar surface area (TPSA) is 76.1 Å². The SMILES string of the molecule is O=C(Cc1cc(-c2ccc(NS(=O)(=O)C(F)F)cc2)c2c(n1)CC=C2)C1CC1. The zero-order chi connectivity index (χ0) is 19.9. The average Bonchev–Trinajstić information content (AvgIpc) is 3.40. The van der Waals surface area contributed by atoms with Crippen molar-refractivity contribution in [2.75, 3.05) is 4.72 Å². The molecule has 2 aliphatic rings. The van der Waals surface area contributed by atoms with Gasteiger partial charge in [-0.1, -0.05) is 24.3 Å². The molecule has 8 heteroatoms. The largest absolute Gasteiger partial charge is 0.355 e. The van der Waals surface area contributed by atoms with Gasteiger partial charge in [0.15, 0.2) is 0 Å². The molecule has 1 heterocycles. The summed E-state index contributed by atoms with van der Waals surface area (Å²) in [6.45, 7) is 0. The number of allylic oxidation sites excluding steroid dienone is 1. The molecule has 146 valence electrons. The highest BCUT2D eigenvalue weighted by Crippen LogP contribution is 2.34. The Morgan fingerprint density at radius 3 is 2.57 bits per heavy atom. The normalized spacial score (nSPS) is 15.7. The molecule has 0 radical (unpaired) electrons. The van der Waals surface area contributed by atoms with Crippen LogP contribution in [0.2, 0.25) is 0 Å². The summed E-state index contributed by atoms with van der Waals surface area (Å²) in [6.07, 6.45) is 6.87. The average molecular weight is 404 g/mol. The highest BCUT2D eigenvalue weighted by molar-refractivity contribution is 7.93. The second-order valence-corrected chi connectivity index (χ2v) is 8.68. The lowest BCUT2D eigenvalue weighted by Gasteiger charge is -2.12. The molecule has 1 aromatic carbocycles. The predicted molar refractivity (Wildman–Crippen MR) is 102 cm³/mol. The van der Waals surface area contributed by atoms with Crippen LogP contribution in [0.15, 0.2) is 36.4 Å². The fourth-order valence-electron chi connectivity index (χ4n) is 3.28. The van der Waals surface area contributed by atoms with Gasteiger partial charge in [0.25, 0.3) is 10.0 Å². The number of nitrogens with zero attached hydrogens (tertiary/aromatic N) is 1. The van der Waals surface area contributed by atoms with Crippen molar-refractivity contribution in [1.29, 1.82) is 0 Å². The second-order valence-electron chi connectivity index (χ2n) is 7.03. The maximum atomic E-state index is 12.5. The van der Waals surface area contributed by atoms with Crippen LogP contribution in [0.1, 0.15) is 29.8 Å². The number of anilines is 1. The summed E-state index contributed by atoms with van der Waals surface area (Å²) in [6, 6.07) is 8.09. The van der Waals surface area contributed by atoms with Crippen molar-refractivity contribution in [3.05, 3.63) is 53.4 Å². The number of nitrogens with one attached hydrogen (secondary N) is 1. The number of aromatic nitrogens is 1. The number of fused-ring (bicyclic) bond motifs is 1. The van der Waals surface area contributed by atoms with E-state index >= 15 is 0 Å². The summed E-state index contributed by atoms with van der Waals surface area (Å²) < 4.78 is 49.5. The fraction of sp³-hybridized carbons (Fsp3) is 0.300. The number of ketones is 1. The van der Waals surface area contributed by atoms with Gasteiger partial charge in [-0.3, -0.25) is 14.5 Å². The van der Waals surface area contributed by atoms with E-state index < -0.39 is 15.8 Å². The molecule has 0 aliphatic heterocycles. The molecule has 28 heavy (non-hydrogen) atoms. The van der Waals surface area contributed by atoms with Gasteiger partial charge in [0, 0.05) is 35.7 Å². The molecular formula is C20H18F2N2O3S. The molecule has 1 saturated carbocycles. The number of pyridine rings is 1. The zero-order valence-corrected chi connectivity index (χ0v) is 15.7. The van der Waals surface area contributed by atoms with Crippen LogP contribution < -0.4 is 4.72 Å². The smallest absolute Gasteiger partial charge is 0.299 e. The monoisotopic (exact) mass is 404 g/mol. The molecule has 1 fully saturated rings. The lowest BCUT2D eigenvalue weighted by molar-refractivity contribution is -0.119. The highest BCUT2D eigenvalue weighted by atomic mass is 32.2. The van der Waals surface area contributed by atoms with Crippen LogP contribution in [0.4, 0.5) is 14.5 Å². The van der Waals surface area contributed by atoms with E-state index in [0.29, 0.717) is 12.8 Å². The highest BCUT2D eigenvalue weighted by Gasteiger charge is 2.30. The first-order valence-electron chi connectivity index (χ1n) is 8.96. The number of Topliss-reactive ketones (excluding diaryl/α,β-unsaturated/α-hetero) is 1. The Labute approximate surface area is 161 Å². The van der Waals surface area contributed by atoms with Gasteiger partial charge in [-0.25, -0.2) is 8.42 Å². The lowest BCUT2D eigenvalue weighted by Crippen LogP contribution is -2.20. The molecule has 0 amide bonds.